The van der Waals surface area contributed by atoms with Crippen molar-refractivity contribution in [2.45, 2.75) is 30.6 Å². The lowest BCUT2D eigenvalue weighted by molar-refractivity contribution is -0.0984. The zero-order chi connectivity index (χ0) is 16.6. The van der Waals surface area contributed by atoms with Crippen LogP contribution in [0.15, 0.2) is 15.8 Å². The number of aliphatic hydroxyl groups is 4. The van der Waals surface area contributed by atoms with E-state index >= 15 is 0 Å². The summed E-state index contributed by atoms with van der Waals surface area (Å²) < 4.78 is 6.68. The predicted octanol–water partition coefficient (Wildman–Crippen LogP) is -3.61. The fourth-order valence-electron chi connectivity index (χ4n) is 2.29. The standard InChI is InChI=1S/C12H15N3O7/c1-14-10(20)5(2-13)3-15(12(14)21)11-8(19)7(18)9(22-11)6(17)4-16/h3,6-9,11,16-19H,4H2,1H3. The molecule has 0 bridgehead atoms. The molecular weight excluding hydrogens is 298 g/mol. The smallest absolute Gasteiger partial charge is 0.332 e. The Bertz CT molecular complexity index is 719. The van der Waals surface area contributed by atoms with Gasteiger partial charge in [-0.15, -0.1) is 0 Å². The Morgan fingerprint density at radius 1 is 1.41 bits per heavy atom. The van der Waals surface area contributed by atoms with Gasteiger partial charge in [-0.3, -0.25) is 13.9 Å². The summed E-state index contributed by atoms with van der Waals surface area (Å²) in [6.07, 6.45) is -6.42. The minimum Gasteiger partial charge on any atom is -0.394 e. The summed E-state index contributed by atoms with van der Waals surface area (Å²) in [6.45, 7) is -0.715. The molecule has 0 aromatic carbocycles. The first-order valence-corrected chi connectivity index (χ1v) is 6.36. The molecule has 1 fully saturated rings. The summed E-state index contributed by atoms with van der Waals surface area (Å²) in [4.78, 5) is 23.7. The first kappa shape index (κ1) is 16.3. The number of nitrogens with zero attached hydrogens (tertiary/aromatic N) is 3. The summed E-state index contributed by atoms with van der Waals surface area (Å²) >= 11 is 0. The Morgan fingerprint density at radius 2 is 2.05 bits per heavy atom. The molecule has 2 heterocycles. The van der Waals surface area contributed by atoms with Crippen molar-refractivity contribution in [2.75, 3.05) is 6.61 Å². The van der Waals surface area contributed by atoms with Gasteiger partial charge in [0.1, 0.15) is 36.0 Å². The Labute approximate surface area is 123 Å². The van der Waals surface area contributed by atoms with Crippen LogP contribution >= 0.6 is 0 Å². The van der Waals surface area contributed by atoms with Crippen LogP contribution in [0.1, 0.15) is 11.8 Å². The Kier molecular flexibility index (Phi) is 4.45. The molecule has 0 amide bonds. The van der Waals surface area contributed by atoms with Crippen LogP contribution in [0.2, 0.25) is 0 Å². The largest absolute Gasteiger partial charge is 0.394 e. The van der Waals surface area contributed by atoms with Gasteiger partial charge in [-0.05, 0) is 0 Å². The van der Waals surface area contributed by atoms with E-state index in [4.69, 9.17) is 15.1 Å². The molecule has 0 radical (unpaired) electrons. The van der Waals surface area contributed by atoms with Gasteiger partial charge in [0.05, 0.1) is 6.61 Å². The summed E-state index contributed by atoms with van der Waals surface area (Å²) in [5.41, 5.74) is -2.01. The Morgan fingerprint density at radius 3 is 2.59 bits per heavy atom. The molecule has 5 atom stereocenters. The minimum absolute atomic E-state index is 0.349. The highest BCUT2D eigenvalue weighted by atomic mass is 16.6. The lowest BCUT2D eigenvalue weighted by Gasteiger charge is -2.19. The fraction of sp³-hybridized carbons (Fsp3) is 0.583. The van der Waals surface area contributed by atoms with Crippen LogP contribution in [0.25, 0.3) is 0 Å². The molecule has 120 valence electrons. The molecule has 1 aromatic heterocycles. The monoisotopic (exact) mass is 313 g/mol. The molecular formula is C12H15N3O7. The molecule has 1 aliphatic rings. The third kappa shape index (κ3) is 2.45. The van der Waals surface area contributed by atoms with Crippen molar-refractivity contribution in [2.24, 2.45) is 7.05 Å². The van der Waals surface area contributed by atoms with Crippen LogP contribution in [0, 0.1) is 11.3 Å². The third-order valence-electron chi connectivity index (χ3n) is 3.55. The maximum atomic E-state index is 12.1. The topological polar surface area (TPSA) is 158 Å². The number of aromatic nitrogens is 2. The summed E-state index contributed by atoms with van der Waals surface area (Å²) in [5, 5.41) is 47.1. The van der Waals surface area contributed by atoms with Crippen LogP contribution in [0.4, 0.5) is 0 Å². The van der Waals surface area contributed by atoms with Crippen LogP contribution in [-0.2, 0) is 11.8 Å². The van der Waals surface area contributed by atoms with Crippen LogP contribution < -0.4 is 11.2 Å². The van der Waals surface area contributed by atoms with Gasteiger partial charge < -0.3 is 25.2 Å². The number of aliphatic hydroxyl groups excluding tert-OH is 4. The second-order valence-corrected chi connectivity index (χ2v) is 4.93. The highest BCUT2D eigenvalue weighted by Crippen LogP contribution is 2.30. The highest BCUT2D eigenvalue weighted by molar-refractivity contribution is 5.22. The molecule has 2 rings (SSSR count). The Hall–Kier alpha value is -2.03. The van der Waals surface area contributed by atoms with E-state index in [1.165, 1.54) is 0 Å². The van der Waals surface area contributed by atoms with Crippen LogP contribution in [0.3, 0.4) is 0 Å². The van der Waals surface area contributed by atoms with Crippen LogP contribution in [0.5, 0.6) is 0 Å². The normalized spacial score (nSPS) is 29.3. The van der Waals surface area contributed by atoms with Crippen LogP contribution in [-0.4, -0.2) is 60.6 Å². The van der Waals surface area contributed by atoms with Gasteiger partial charge >= 0.3 is 5.69 Å². The molecule has 1 aliphatic heterocycles. The first-order chi connectivity index (χ1) is 10.3. The lowest BCUT2D eigenvalue weighted by Crippen LogP contribution is -2.43. The summed E-state index contributed by atoms with van der Waals surface area (Å²) in [6, 6.07) is 1.62. The molecule has 4 N–H and O–H groups in total. The van der Waals surface area contributed by atoms with E-state index in [2.05, 4.69) is 0 Å². The van der Waals surface area contributed by atoms with E-state index in [9.17, 15) is 24.9 Å². The van der Waals surface area contributed by atoms with Gasteiger partial charge in [-0.1, -0.05) is 0 Å². The molecule has 0 saturated carbocycles. The number of nitriles is 1. The van der Waals surface area contributed by atoms with E-state index in [1.807, 2.05) is 0 Å². The average Bonchev–Trinajstić information content (AvgIpc) is 2.81. The molecule has 0 aliphatic carbocycles. The van der Waals surface area contributed by atoms with E-state index < -0.39 is 48.5 Å². The fourth-order valence-corrected chi connectivity index (χ4v) is 2.29. The second kappa shape index (κ2) is 5.99. The Balaban J connectivity index is 2.50. The molecule has 22 heavy (non-hydrogen) atoms. The summed E-state index contributed by atoms with van der Waals surface area (Å²) in [5.74, 6) is 0. The van der Waals surface area contributed by atoms with Gasteiger partial charge in [-0.25, -0.2) is 4.79 Å². The zero-order valence-corrected chi connectivity index (χ0v) is 11.5. The molecule has 0 spiro atoms. The molecule has 10 nitrogen and oxygen atoms in total. The van der Waals surface area contributed by atoms with Gasteiger partial charge in [0, 0.05) is 13.2 Å². The SMILES string of the molecule is Cn1c(=O)c(C#N)cn(C2OC(C(O)CO)C(O)C2O)c1=O. The number of rotatable bonds is 3. The first-order valence-electron chi connectivity index (χ1n) is 6.36. The number of hydrogen-bond acceptors (Lipinski definition) is 8. The number of ether oxygens (including phenoxy) is 1. The molecule has 5 unspecified atom stereocenters. The molecule has 10 heteroatoms. The second-order valence-electron chi connectivity index (χ2n) is 4.93. The van der Waals surface area contributed by atoms with Crippen molar-refractivity contribution >= 4 is 0 Å². The quantitative estimate of drug-likeness (QED) is 0.445. The van der Waals surface area contributed by atoms with Crippen molar-refractivity contribution in [1.29, 1.82) is 5.26 Å². The maximum Gasteiger partial charge on any atom is 0.332 e. The van der Waals surface area contributed by atoms with E-state index in [0.717, 1.165) is 17.8 Å². The zero-order valence-electron chi connectivity index (χ0n) is 11.5. The van der Waals surface area contributed by atoms with Gasteiger partial charge in [0.15, 0.2) is 6.23 Å². The van der Waals surface area contributed by atoms with E-state index in [-0.39, 0.29) is 5.56 Å². The summed E-state index contributed by atoms with van der Waals surface area (Å²) in [7, 11) is 1.15. The predicted molar refractivity (Wildman–Crippen MR) is 69.7 cm³/mol. The van der Waals surface area contributed by atoms with Crippen molar-refractivity contribution in [3.63, 3.8) is 0 Å². The van der Waals surface area contributed by atoms with E-state index in [0.29, 0.717) is 4.57 Å². The molecule has 1 saturated heterocycles. The van der Waals surface area contributed by atoms with Crippen molar-refractivity contribution in [1.82, 2.24) is 9.13 Å². The van der Waals surface area contributed by atoms with Gasteiger partial charge in [0.2, 0.25) is 0 Å². The minimum atomic E-state index is -1.59. The van der Waals surface area contributed by atoms with Crippen molar-refractivity contribution in [3.8, 4) is 6.07 Å². The number of hydrogen-bond donors (Lipinski definition) is 4. The van der Waals surface area contributed by atoms with Gasteiger partial charge in [0.25, 0.3) is 5.56 Å². The van der Waals surface area contributed by atoms with E-state index in [1.54, 1.807) is 6.07 Å². The molecule has 1 aromatic rings. The lowest BCUT2D eigenvalue weighted by atomic mass is 10.1. The van der Waals surface area contributed by atoms with Gasteiger partial charge in [-0.2, -0.15) is 5.26 Å². The van der Waals surface area contributed by atoms with Crippen molar-refractivity contribution < 1.29 is 25.2 Å². The van der Waals surface area contributed by atoms with Crippen molar-refractivity contribution in [3.05, 3.63) is 32.6 Å². The highest BCUT2D eigenvalue weighted by Gasteiger charge is 2.47. The average molecular weight is 313 g/mol. The third-order valence-corrected chi connectivity index (χ3v) is 3.55. The maximum absolute atomic E-state index is 12.1.